The molecule has 30 heavy (non-hydrogen) atoms. The van der Waals surface area contributed by atoms with E-state index in [4.69, 9.17) is 11.6 Å². The van der Waals surface area contributed by atoms with Crippen LogP contribution in [0.15, 0.2) is 42.5 Å². The highest BCUT2D eigenvalue weighted by Crippen LogP contribution is 2.25. The van der Waals surface area contributed by atoms with E-state index < -0.39 is 22.5 Å². The zero-order valence-electron chi connectivity index (χ0n) is 17.2. The number of unbranched alkanes of at least 4 members (excludes halogenated alkanes) is 1. The Kier molecular flexibility index (Phi) is 8.25. The smallest absolute Gasteiger partial charge is 0.253 e. The molecular formula is C21H26ClN3O4S. The van der Waals surface area contributed by atoms with Gasteiger partial charge in [0, 0.05) is 11.6 Å². The third kappa shape index (κ3) is 6.47. The second-order valence-corrected chi connectivity index (χ2v) is 9.22. The van der Waals surface area contributed by atoms with E-state index in [1.54, 1.807) is 43.3 Å². The molecule has 0 aliphatic heterocycles. The summed E-state index contributed by atoms with van der Waals surface area (Å²) < 4.78 is 25.5. The van der Waals surface area contributed by atoms with Crippen molar-refractivity contribution < 1.29 is 18.0 Å². The summed E-state index contributed by atoms with van der Waals surface area (Å²) in [5.41, 5.74) is 1.70. The second kappa shape index (κ2) is 10.4. The molecule has 0 fully saturated rings. The third-order valence-electron chi connectivity index (χ3n) is 4.39. The first-order valence-electron chi connectivity index (χ1n) is 9.54. The molecule has 0 aliphatic carbocycles. The quantitative estimate of drug-likeness (QED) is 0.569. The molecule has 0 atom stereocenters. The fourth-order valence-electron chi connectivity index (χ4n) is 2.72. The molecule has 162 valence electrons. The number of amides is 2. The van der Waals surface area contributed by atoms with E-state index in [1.807, 2.05) is 6.92 Å². The van der Waals surface area contributed by atoms with Gasteiger partial charge >= 0.3 is 0 Å². The van der Waals surface area contributed by atoms with Gasteiger partial charge in [-0.1, -0.05) is 43.1 Å². The molecule has 0 bridgehead atoms. The highest BCUT2D eigenvalue weighted by atomic mass is 35.5. The van der Waals surface area contributed by atoms with Crippen LogP contribution in [0.4, 0.5) is 11.4 Å². The standard InChI is InChI=1S/C21H26ClN3O4S/c1-4-5-12-23-21(27)17-8-6-7-9-19(17)24-20(26)14-25(30(3,28)29)16-11-10-15(2)18(22)13-16/h6-11,13H,4-5,12,14H2,1-3H3,(H,23,27)(H,24,26). The van der Waals surface area contributed by atoms with Crippen molar-refractivity contribution in [3.8, 4) is 0 Å². The van der Waals surface area contributed by atoms with Crippen LogP contribution >= 0.6 is 11.6 Å². The summed E-state index contributed by atoms with van der Waals surface area (Å²) in [5.74, 6) is -0.879. The van der Waals surface area contributed by atoms with Crippen molar-refractivity contribution in [2.45, 2.75) is 26.7 Å². The molecule has 2 rings (SSSR count). The Morgan fingerprint density at radius 3 is 2.47 bits per heavy atom. The van der Waals surface area contributed by atoms with Crippen molar-refractivity contribution in [3.63, 3.8) is 0 Å². The van der Waals surface area contributed by atoms with Gasteiger partial charge in [0.25, 0.3) is 5.91 Å². The lowest BCUT2D eigenvalue weighted by Gasteiger charge is -2.22. The molecule has 2 amide bonds. The Hall–Kier alpha value is -2.58. The van der Waals surface area contributed by atoms with E-state index in [1.165, 1.54) is 6.07 Å². The number of anilines is 2. The van der Waals surface area contributed by atoms with Crippen LogP contribution in [0.5, 0.6) is 0 Å². The molecule has 0 aliphatic rings. The van der Waals surface area contributed by atoms with Crippen LogP contribution in [0.25, 0.3) is 0 Å². The average Bonchev–Trinajstić information content (AvgIpc) is 2.68. The van der Waals surface area contributed by atoms with Gasteiger partial charge < -0.3 is 10.6 Å². The summed E-state index contributed by atoms with van der Waals surface area (Å²) >= 11 is 6.12. The lowest BCUT2D eigenvalue weighted by Crippen LogP contribution is -2.37. The summed E-state index contributed by atoms with van der Waals surface area (Å²) in [6, 6.07) is 11.4. The molecule has 0 spiro atoms. The Balaban J connectivity index is 2.20. The number of carbonyl (C=O) groups is 2. The van der Waals surface area contributed by atoms with E-state index in [-0.39, 0.29) is 11.6 Å². The van der Waals surface area contributed by atoms with E-state index in [9.17, 15) is 18.0 Å². The predicted octanol–water partition coefficient (Wildman–Crippen LogP) is 3.58. The Labute approximate surface area is 182 Å². The maximum absolute atomic E-state index is 12.6. The van der Waals surface area contributed by atoms with Crippen LogP contribution in [-0.4, -0.2) is 39.6 Å². The number of hydrogen-bond acceptors (Lipinski definition) is 4. The molecule has 2 aromatic carbocycles. The topological polar surface area (TPSA) is 95.6 Å². The largest absolute Gasteiger partial charge is 0.352 e. The van der Waals surface area contributed by atoms with Crippen molar-refractivity contribution in [3.05, 3.63) is 58.6 Å². The van der Waals surface area contributed by atoms with Crippen molar-refractivity contribution in [1.29, 1.82) is 0 Å². The number of nitrogens with zero attached hydrogens (tertiary/aromatic N) is 1. The molecule has 0 radical (unpaired) electrons. The summed E-state index contributed by atoms with van der Waals surface area (Å²) in [5, 5.41) is 5.84. The molecule has 7 nitrogen and oxygen atoms in total. The lowest BCUT2D eigenvalue weighted by molar-refractivity contribution is -0.114. The lowest BCUT2D eigenvalue weighted by atomic mass is 10.1. The van der Waals surface area contributed by atoms with Crippen LogP contribution in [0.2, 0.25) is 5.02 Å². The molecule has 2 aromatic rings. The van der Waals surface area contributed by atoms with Gasteiger partial charge in [0.2, 0.25) is 15.9 Å². The van der Waals surface area contributed by atoms with Crippen molar-refractivity contribution >= 4 is 44.8 Å². The van der Waals surface area contributed by atoms with E-state index in [0.717, 1.165) is 29.0 Å². The summed E-state index contributed by atoms with van der Waals surface area (Å²) in [4.78, 5) is 25.1. The molecule has 0 unspecified atom stereocenters. The first kappa shape index (κ1) is 23.7. The molecule has 0 saturated carbocycles. The second-order valence-electron chi connectivity index (χ2n) is 6.91. The SMILES string of the molecule is CCCCNC(=O)c1ccccc1NC(=O)CN(c1ccc(C)c(Cl)c1)S(C)(=O)=O. The number of rotatable bonds is 9. The minimum atomic E-state index is -3.74. The normalized spacial score (nSPS) is 11.1. The van der Waals surface area contributed by atoms with Gasteiger partial charge in [0.05, 0.1) is 23.2 Å². The monoisotopic (exact) mass is 451 g/mol. The van der Waals surface area contributed by atoms with Crippen LogP contribution in [0, 0.1) is 6.92 Å². The summed E-state index contributed by atoms with van der Waals surface area (Å²) in [7, 11) is -3.74. The van der Waals surface area contributed by atoms with Crippen molar-refractivity contribution in [2.24, 2.45) is 0 Å². The number of sulfonamides is 1. The average molecular weight is 452 g/mol. The molecule has 0 aromatic heterocycles. The first-order valence-corrected chi connectivity index (χ1v) is 11.8. The zero-order chi connectivity index (χ0) is 22.3. The van der Waals surface area contributed by atoms with Gasteiger partial charge in [0.15, 0.2) is 0 Å². The highest BCUT2D eigenvalue weighted by Gasteiger charge is 2.22. The number of aryl methyl sites for hydroxylation is 1. The van der Waals surface area contributed by atoms with Gasteiger partial charge in [-0.25, -0.2) is 8.42 Å². The highest BCUT2D eigenvalue weighted by molar-refractivity contribution is 7.92. The van der Waals surface area contributed by atoms with Crippen LogP contribution < -0.4 is 14.9 Å². The number of benzene rings is 2. The molecule has 2 N–H and O–H groups in total. The number of nitrogens with one attached hydrogen (secondary N) is 2. The fraction of sp³-hybridized carbons (Fsp3) is 0.333. The summed E-state index contributed by atoms with van der Waals surface area (Å²) in [6.07, 6.45) is 2.81. The molecule has 0 heterocycles. The van der Waals surface area contributed by atoms with Crippen LogP contribution in [0.1, 0.15) is 35.7 Å². The molecule has 0 saturated heterocycles. The van der Waals surface area contributed by atoms with Crippen molar-refractivity contribution in [2.75, 3.05) is 29.0 Å². The van der Waals surface area contributed by atoms with Crippen LogP contribution in [0.3, 0.4) is 0 Å². The fourth-order valence-corrected chi connectivity index (χ4v) is 3.74. The third-order valence-corrected chi connectivity index (χ3v) is 5.94. The number of hydrogen-bond donors (Lipinski definition) is 2. The maximum atomic E-state index is 12.6. The number of para-hydroxylation sites is 1. The van der Waals surface area contributed by atoms with E-state index in [2.05, 4.69) is 10.6 Å². The zero-order valence-corrected chi connectivity index (χ0v) is 18.8. The maximum Gasteiger partial charge on any atom is 0.253 e. The Bertz CT molecular complexity index is 1020. The Morgan fingerprint density at radius 1 is 1.13 bits per heavy atom. The van der Waals surface area contributed by atoms with Gasteiger partial charge in [-0.05, 0) is 43.2 Å². The minimum Gasteiger partial charge on any atom is -0.352 e. The molecule has 9 heteroatoms. The van der Waals surface area contributed by atoms with Gasteiger partial charge in [-0.15, -0.1) is 0 Å². The summed E-state index contributed by atoms with van der Waals surface area (Å²) in [6.45, 7) is 3.90. The van der Waals surface area contributed by atoms with Gasteiger partial charge in [0.1, 0.15) is 6.54 Å². The first-order chi connectivity index (χ1) is 14.1. The molecular weight excluding hydrogens is 426 g/mol. The van der Waals surface area contributed by atoms with Crippen LogP contribution in [-0.2, 0) is 14.8 Å². The predicted molar refractivity (Wildman–Crippen MR) is 121 cm³/mol. The van der Waals surface area contributed by atoms with Gasteiger partial charge in [-0.2, -0.15) is 0 Å². The minimum absolute atomic E-state index is 0.286. The Morgan fingerprint density at radius 2 is 1.83 bits per heavy atom. The number of carbonyl (C=O) groups excluding carboxylic acids is 2. The van der Waals surface area contributed by atoms with Gasteiger partial charge in [-0.3, -0.25) is 13.9 Å². The number of halogens is 1. The van der Waals surface area contributed by atoms with E-state index >= 15 is 0 Å². The van der Waals surface area contributed by atoms with E-state index in [0.29, 0.717) is 22.8 Å². The van der Waals surface area contributed by atoms with Crippen molar-refractivity contribution in [1.82, 2.24) is 5.32 Å².